The molecule has 0 aromatic rings. The first-order valence-corrected chi connectivity index (χ1v) is 5.10. The maximum atomic E-state index is 12.3. The fourth-order valence-electron chi connectivity index (χ4n) is 0.705. The molecule has 0 aliphatic heterocycles. The number of aliphatic hydroxyl groups excluding tert-OH is 1. The molecular weight excluding hydrogens is 227 g/mol. The van der Waals surface area contributed by atoms with E-state index >= 15 is 0 Å². The van der Waals surface area contributed by atoms with Crippen LogP contribution in [0.2, 0.25) is 0 Å². The normalized spacial score (nSPS) is 13.3. The fraction of sp³-hybridized carbons (Fsp3) is 1.00. The van der Waals surface area contributed by atoms with Crippen LogP contribution in [0, 0.1) is 0 Å². The highest BCUT2D eigenvalue weighted by Gasteiger charge is 2.56. The smallest absolute Gasteiger partial charge is 0.396 e. The van der Waals surface area contributed by atoms with E-state index in [9.17, 15) is 22.0 Å². The fourth-order valence-corrected chi connectivity index (χ4v) is 1.39. The molecule has 0 heterocycles. The molecular formula is C7H11F5OS. The molecule has 0 radical (unpaired) electrons. The standard InChI is InChI=1S/C7H11F5OS/c8-6(9,7(10,11)12)2-1-4-14-5-3-13/h13H,1-5H2. The highest BCUT2D eigenvalue weighted by atomic mass is 32.2. The van der Waals surface area contributed by atoms with Gasteiger partial charge in [0.2, 0.25) is 0 Å². The Balaban J connectivity index is 3.67. The number of rotatable bonds is 6. The van der Waals surface area contributed by atoms with Crippen LogP contribution in [0.15, 0.2) is 0 Å². The summed E-state index contributed by atoms with van der Waals surface area (Å²) in [5, 5.41) is 8.31. The van der Waals surface area contributed by atoms with Crippen LogP contribution < -0.4 is 0 Å². The van der Waals surface area contributed by atoms with Gasteiger partial charge in [-0.25, -0.2) is 0 Å². The molecule has 0 rings (SSSR count). The highest BCUT2D eigenvalue weighted by Crippen LogP contribution is 2.38. The molecule has 1 nitrogen and oxygen atoms in total. The van der Waals surface area contributed by atoms with Gasteiger partial charge in [-0.2, -0.15) is 33.7 Å². The summed E-state index contributed by atoms with van der Waals surface area (Å²) in [6, 6.07) is 0. The summed E-state index contributed by atoms with van der Waals surface area (Å²) in [5.74, 6) is -4.03. The Morgan fingerprint density at radius 1 is 1.00 bits per heavy atom. The summed E-state index contributed by atoms with van der Waals surface area (Å²) >= 11 is 1.15. The quantitative estimate of drug-likeness (QED) is 0.567. The third-order valence-corrected chi connectivity index (χ3v) is 2.48. The van der Waals surface area contributed by atoms with Crippen molar-refractivity contribution < 1.29 is 27.1 Å². The second kappa shape index (κ2) is 5.75. The van der Waals surface area contributed by atoms with E-state index in [1.807, 2.05) is 0 Å². The molecule has 0 fully saturated rings. The van der Waals surface area contributed by atoms with Crippen LogP contribution in [0.1, 0.15) is 12.8 Å². The molecule has 0 unspecified atom stereocenters. The van der Waals surface area contributed by atoms with Crippen molar-refractivity contribution in [2.75, 3.05) is 18.1 Å². The van der Waals surface area contributed by atoms with E-state index in [-0.39, 0.29) is 18.8 Å². The van der Waals surface area contributed by atoms with E-state index in [1.54, 1.807) is 0 Å². The zero-order chi connectivity index (χ0) is 11.2. The maximum absolute atomic E-state index is 12.3. The Hall–Kier alpha value is -0.0400. The van der Waals surface area contributed by atoms with E-state index in [0.717, 1.165) is 11.8 Å². The van der Waals surface area contributed by atoms with Crippen LogP contribution in [0.4, 0.5) is 22.0 Å². The summed E-state index contributed by atoms with van der Waals surface area (Å²) < 4.78 is 59.3. The molecule has 0 aromatic carbocycles. The first-order chi connectivity index (χ1) is 6.31. The summed E-state index contributed by atoms with van der Waals surface area (Å²) in [4.78, 5) is 0. The lowest BCUT2D eigenvalue weighted by Gasteiger charge is -2.18. The molecule has 0 amide bonds. The Morgan fingerprint density at radius 3 is 2.00 bits per heavy atom. The van der Waals surface area contributed by atoms with Gasteiger partial charge in [0.05, 0.1) is 6.61 Å². The van der Waals surface area contributed by atoms with Crippen molar-refractivity contribution in [1.82, 2.24) is 0 Å². The minimum Gasteiger partial charge on any atom is -0.396 e. The molecule has 1 N–H and O–H groups in total. The Bertz CT molecular complexity index is 159. The van der Waals surface area contributed by atoms with Crippen molar-refractivity contribution in [3.05, 3.63) is 0 Å². The summed E-state index contributed by atoms with van der Waals surface area (Å²) in [6.07, 6.45) is -6.85. The van der Waals surface area contributed by atoms with Crippen molar-refractivity contribution in [3.63, 3.8) is 0 Å². The Kier molecular flexibility index (Phi) is 5.73. The number of aliphatic hydroxyl groups is 1. The number of thioether (sulfide) groups is 1. The molecule has 0 aliphatic rings. The molecule has 0 saturated heterocycles. The van der Waals surface area contributed by atoms with Gasteiger partial charge in [-0.15, -0.1) is 0 Å². The minimum atomic E-state index is -5.45. The summed E-state index contributed by atoms with van der Waals surface area (Å²) in [7, 11) is 0. The summed E-state index contributed by atoms with van der Waals surface area (Å²) in [5.41, 5.74) is 0. The second-order valence-corrected chi connectivity index (χ2v) is 3.87. The summed E-state index contributed by atoms with van der Waals surface area (Å²) in [6.45, 7) is -0.0969. The third-order valence-electron chi connectivity index (χ3n) is 1.43. The van der Waals surface area contributed by atoms with Gasteiger partial charge in [0.25, 0.3) is 0 Å². The van der Waals surface area contributed by atoms with Crippen molar-refractivity contribution in [2.45, 2.75) is 24.9 Å². The lowest BCUT2D eigenvalue weighted by molar-refractivity contribution is -0.284. The number of hydrogen-bond acceptors (Lipinski definition) is 2. The van der Waals surface area contributed by atoms with E-state index in [1.165, 1.54) is 0 Å². The number of halogens is 5. The maximum Gasteiger partial charge on any atom is 0.453 e. The first-order valence-electron chi connectivity index (χ1n) is 3.94. The monoisotopic (exact) mass is 238 g/mol. The number of hydrogen-bond donors (Lipinski definition) is 1. The van der Waals surface area contributed by atoms with Crippen LogP contribution in [0.5, 0.6) is 0 Å². The van der Waals surface area contributed by atoms with Gasteiger partial charge in [-0.3, -0.25) is 0 Å². The van der Waals surface area contributed by atoms with Crippen LogP contribution in [0.3, 0.4) is 0 Å². The van der Waals surface area contributed by atoms with Crippen LogP contribution >= 0.6 is 11.8 Å². The Labute approximate surface area is 82.7 Å². The molecule has 0 atom stereocenters. The average molecular weight is 238 g/mol. The molecule has 0 aromatic heterocycles. The van der Waals surface area contributed by atoms with Gasteiger partial charge in [-0.1, -0.05) is 0 Å². The van der Waals surface area contributed by atoms with Gasteiger partial charge in [0.15, 0.2) is 0 Å². The largest absolute Gasteiger partial charge is 0.453 e. The van der Waals surface area contributed by atoms with Gasteiger partial charge < -0.3 is 5.11 Å². The van der Waals surface area contributed by atoms with E-state index in [0.29, 0.717) is 5.75 Å². The lowest BCUT2D eigenvalue weighted by atomic mass is 10.2. The van der Waals surface area contributed by atoms with Gasteiger partial charge in [0, 0.05) is 12.2 Å². The molecule has 7 heteroatoms. The Morgan fingerprint density at radius 2 is 1.57 bits per heavy atom. The SMILES string of the molecule is OCCSCCCC(F)(F)C(F)(F)F. The van der Waals surface area contributed by atoms with Crippen molar-refractivity contribution >= 4 is 11.8 Å². The van der Waals surface area contributed by atoms with E-state index in [4.69, 9.17) is 5.11 Å². The molecule has 0 aliphatic carbocycles. The second-order valence-electron chi connectivity index (χ2n) is 2.64. The van der Waals surface area contributed by atoms with E-state index in [2.05, 4.69) is 0 Å². The van der Waals surface area contributed by atoms with Crippen molar-refractivity contribution in [1.29, 1.82) is 0 Å². The predicted molar refractivity (Wildman–Crippen MR) is 44.6 cm³/mol. The van der Waals surface area contributed by atoms with E-state index < -0.39 is 18.5 Å². The predicted octanol–water partition coefficient (Wildman–Crippen LogP) is 2.69. The van der Waals surface area contributed by atoms with Crippen molar-refractivity contribution in [2.24, 2.45) is 0 Å². The van der Waals surface area contributed by atoms with Crippen molar-refractivity contribution in [3.8, 4) is 0 Å². The lowest BCUT2D eigenvalue weighted by Crippen LogP contribution is -2.36. The third kappa shape index (κ3) is 4.99. The number of alkyl halides is 5. The van der Waals surface area contributed by atoms with Crippen LogP contribution in [-0.2, 0) is 0 Å². The highest BCUT2D eigenvalue weighted by molar-refractivity contribution is 7.99. The molecule has 0 bridgehead atoms. The molecule has 0 spiro atoms. The van der Waals surface area contributed by atoms with Crippen LogP contribution in [0.25, 0.3) is 0 Å². The minimum absolute atomic E-state index is 0.0969. The first kappa shape index (κ1) is 14.0. The van der Waals surface area contributed by atoms with Gasteiger partial charge in [0.1, 0.15) is 0 Å². The average Bonchev–Trinajstić information content (AvgIpc) is 2.02. The van der Waals surface area contributed by atoms with Crippen LogP contribution in [-0.4, -0.2) is 35.3 Å². The molecule has 14 heavy (non-hydrogen) atoms. The van der Waals surface area contributed by atoms with Gasteiger partial charge >= 0.3 is 12.1 Å². The molecule has 0 saturated carbocycles. The van der Waals surface area contributed by atoms with Gasteiger partial charge in [-0.05, 0) is 12.2 Å². The molecule has 86 valence electrons. The topological polar surface area (TPSA) is 20.2 Å². The zero-order valence-corrected chi connectivity index (χ0v) is 8.10. The zero-order valence-electron chi connectivity index (χ0n) is 7.28.